The molecule has 3 heterocycles. The monoisotopic (exact) mass is 338 g/mol. The molecule has 0 amide bonds. The third-order valence-electron chi connectivity index (χ3n) is 4.66. The van der Waals surface area contributed by atoms with Gasteiger partial charge >= 0.3 is 0 Å². The molecule has 0 bridgehead atoms. The van der Waals surface area contributed by atoms with E-state index in [4.69, 9.17) is 4.74 Å². The Balaban J connectivity index is 1.44. The van der Waals surface area contributed by atoms with Gasteiger partial charge in [0.1, 0.15) is 17.6 Å². The van der Waals surface area contributed by atoms with E-state index in [0.717, 1.165) is 61.9 Å². The van der Waals surface area contributed by atoms with Crippen LogP contribution in [0.3, 0.4) is 0 Å². The summed E-state index contributed by atoms with van der Waals surface area (Å²) in [5.41, 5.74) is 2.96. The van der Waals surface area contributed by atoms with Gasteiger partial charge < -0.3 is 14.6 Å². The summed E-state index contributed by atoms with van der Waals surface area (Å²) in [6.45, 7) is 4.98. The summed E-state index contributed by atoms with van der Waals surface area (Å²) in [6, 6.07) is 8.32. The minimum atomic E-state index is 0.726. The predicted octanol–water partition coefficient (Wildman–Crippen LogP) is 2.07. The molecule has 1 N–H and O–H groups in total. The number of hydrogen-bond donors (Lipinski definition) is 1. The van der Waals surface area contributed by atoms with Crippen LogP contribution < -0.4 is 9.64 Å². The lowest BCUT2D eigenvalue weighted by molar-refractivity contribution is 0.285. The molecule has 0 aliphatic carbocycles. The number of nitrogens with one attached hydrogen (secondary N) is 1. The number of aromatic nitrogens is 4. The smallest absolute Gasteiger partial charge is 0.182 e. The Hall–Kier alpha value is -2.67. The molecule has 1 saturated heterocycles. The number of fused-ring (bicyclic) bond motifs is 1. The van der Waals surface area contributed by atoms with Gasteiger partial charge in [0.25, 0.3) is 0 Å². The van der Waals surface area contributed by atoms with Crippen molar-refractivity contribution >= 4 is 17.0 Å². The second-order valence-electron chi connectivity index (χ2n) is 6.26. The third-order valence-corrected chi connectivity index (χ3v) is 4.66. The van der Waals surface area contributed by atoms with E-state index < -0.39 is 0 Å². The summed E-state index contributed by atoms with van der Waals surface area (Å²) in [6.07, 6.45) is 4.38. The summed E-state index contributed by atoms with van der Waals surface area (Å²) in [5, 5.41) is 0. The van der Waals surface area contributed by atoms with E-state index >= 15 is 0 Å². The number of anilines is 1. The van der Waals surface area contributed by atoms with Crippen molar-refractivity contribution in [3.63, 3.8) is 0 Å². The number of nitrogens with zero attached hydrogens (tertiary/aromatic N) is 5. The molecule has 1 aliphatic rings. The van der Waals surface area contributed by atoms with E-state index in [1.54, 1.807) is 19.8 Å². The minimum absolute atomic E-state index is 0.726. The third kappa shape index (κ3) is 3.41. The van der Waals surface area contributed by atoms with Gasteiger partial charge in [-0.2, -0.15) is 0 Å². The van der Waals surface area contributed by atoms with Gasteiger partial charge in [0, 0.05) is 32.7 Å². The van der Waals surface area contributed by atoms with E-state index in [-0.39, 0.29) is 0 Å². The molecule has 1 aromatic carbocycles. The summed E-state index contributed by atoms with van der Waals surface area (Å²) in [4.78, 5) is 20.9. The molecule has 2 aromatic heterocycles. The topological polar surface area (TPSA) is 70.2 Å². The molecule has 1 fully saturated rings. The molecule has 0 radical (unpaired) electrons. The number of aromatic amines is 1. The fraction of sp³-hybridized carbons (Fsp3) is 0.389. The molecule has 1 aliphatic heterocycles. The van der Waals surface area contributed by atoms with Gasteiger partial charge in [0.2, 0.25) is 0 Å². The SMILES string of the molecule is COc1ccc(CN2CCCN(c3ncnc4nc[nH]c34)CC2)cc1. The lowest BCUT2D eigenvalue weighted by atomic mass is 10.2. The summed E-state index contributed by atoms with van der Waals surface area (Å²) in [7, 11) is 1.70. The van der Waals surface area contributed by atoms with E-state index in [2.05, 4.69) is 41.9 Å². The highest BCUT2D eigenvalue weighted by atomic mass is 16.5. The van der Waals surface area contributed by atoms with Crippen molar-refractivity contribution in [2.24, 2.45) is 0 Å². The van der Waals surface area contributed by atoms with Gasteiger partial charge in [-0.25, -0.2) is 15.0 Å². The van der Waals surface area contributed by atoms with Crippen LogP contribution in [0.15, 0.2) is 36.9 Å². The van der Waals surface area contributed by atoms with Crippen molar-refractivity contribution in [1.29, 1.82) is 0 Å². The number of H-pyrrole nitrogens is 1. The molecule has 0 atom stereocenters. The molecule has 130 valence electrons. The van der Waals surface area contributed by atoms with Crippen molar-refractivity contribution in [3.05, 3.63) is 42.5 Å². The van der Waals surface area contributed by atoms with E-state index in [9.17, 15) is 0 Å². The zero-order valence-corrected chi connectivity index (χ0v) is 14.4. The fourth-order valence-electron chi connectivity index (χ4n) is 3.32. The first-order valence-electron chi connectivity index (χ1n) is 8.58. The van der Waals surface area contributed by atoms with Crippen molar-refractivity contribution in [2.75, 3.05) is 38.2 Å². The number of rotatable bonds is 4. The lowest BCUT2D eigenvalue weighted by Crippen LogP contribution is -2.31. The predicted molar refractivity (Wildman–Crippen MR) is 96.8 cm³/mol. The van der Waals surface area contributed by atoms with Crippen molar-refractivity contribution in [1.82, 2.24) is 24.8 Å². The van der Waals surface area contributed by atoms with Crippen molar-refractivity contribution in [2.45, 2.75) is 13.0 Å². The molecule has 3 aromatic rings. The van der Waals surface area contributed by atoms with Crippen LogP contribution in [-0.2, 0) is 6.54 Å². The zero-order chi connectivity index (χ0) is 17.1. The molecule has 0 unspecified atom stereocenters. The molecule has 0 spiro atoms. The van der Waals surface area contributed by atoms with Crippen LogP contribution >= 0.6 is 0 Å². The van der Waals surface area contributed by atoms with E-state index in [1.165, 1.54) is 5.56 Å². The Morgan fingerprint density at radius 1 is 1.04 bits per heavy atom. The Kier molecular flexibility index (Phi) is 4.47. The summed E-state index contributed by atoms with van der Waals surface area (Å²) >= 11 is 0. The first kappa shape index (κ1) is 15.8. The largest absolute Gasteiger partial charge is 0.497 e. The summed E-state index contributed by atoms with van der Waals surface area (Å²) in [5.74, 6) is 1.85. The number of methoxy groups -OCH3 is 1. The number of benzene rings is 1. The molecule has 7 heteroatoms. The lowest BCUT2D eigenvalue weighted by Gasteiger charge is -2.23. The van der Waals surface area contributed by atoms with Gasteiger partial charge in [-0.3, -0.25) is 4.90 Å². The van der Waals surface area contributed by atoms with Crippen molar-refractivity contribution in [3.8, 4) is 5.75 Å². The van der Waals surface area contributed by atoms with Crippen molar-refractivity contribution < 1.29 is 4.74 Å². The minimum Gasteiger partial charge on any atom is -0.497 e. The van der Waals surface area contributed by atoms with E-state index in [0.29, 0.717) is 0 Å². The molecule has 7 nitrogen and oxygen atoms in total. The highest BCUT2D eigenvalue weighted by Crippen LogP contribution is 2.21. The van der Waals surface area contributed by atoms with Crippen LogP contribution in [0.4, 0.5) is 5.82 Å². The molecule has 25 heavy (non-hydrogen) atoms. The number of hydrogen-bond acceptors (Lipinski definition) is 6. The molecular formula is C18H22N6O. The normalized spacial score (nSPS) is 16.1. The van der Waals surface area contributed by atoms with Crippen LogP contribution in [0.5, 0.6) is 5.75 Å². The van der Waals surface area contributed by atoms with Crippen LogP contribution in [0, 0.1) is 0 Å². The Labute approximate surface area is 146 Å². The second-order valence-corrected chi connectivity index (χ2v) is 6.26. The maximum atomic E-state index is 5.23. The van der Waals surface area contributed by atoms with Crippen LogP contribution in [0.25, 0.3) is 11.2 Å². The average Bonchev–Trinajstić information content (AvgIpc) is 3.02. The highest BCUT2D eigenvalue weighted by molar-refractivity contribution is 5.82. The number of ether oxygens (including phenoxy) is 1. The Bertz CT molecular complexity index is 831. The van der Waals surface area contributed by atoms with Crippen LogP contribution in [-0.4, -0.2) is 58.1 Å². The first-order valence-corrected chi connectivity index (χ1v) is 8.58. The maximum Gasteiger partial charge on any atom is 0.182 e. The summed E-state index contributed by atoms with van der Waals surface area (Å²) < 4.78 is 5.23. The Morgan fingerprint density at radius 2 is 1.92 bits per heavy atom. The van der Waals surface area contributed by atoms with Gasteiger partial charge in [-0.05, 0) is 24.1 Å². The van der Waals surface area contributed by atoms with Crippen LogP contribution in [0.1, 0.15) is 12.0 Å². The first-order chi connectivity index (χ1) is 12.3. The fourth-order valence-corrected chi connectivity index (χ4v) is 3.32. The quantitative estimate of drug-likeness (QED) is 0.785. The van der Waals surface area contributed by atoms with Crippen LogP contribution in [0.2, 0.25) is 0 Å². The van der Waals surface area contributed by atoms with Gasteiger partial charge in [-0.15, -0.1) is 0 Å². The average molecular weight is 338 g/mol. The molecule has 4 rings (SSSR count). The highest BCUT2D eigenvalue weighted by Gasteiger charge is 2.19. The molecule has 0 saturated carbocycles. The second kappa shape index (κ2) is 7.06. The van der Waals surface area contributed by atoms with Gasteiger partial charge in [0.05, 0.1) is 13.4 Å². The van der Waals surface area contributed by atoms with E-state index in [1.807, 2.05) is 12.1 Å². The zero-order valence-electron chi connectivity index (χ0n) is 14.4. The Morgan fingerprint density at radius 3 is 2.76 bits per heavy atom. The van der Waals surface area contributed by atoms with Gasteiger partial charge in [-0.1, -0.05) is 12.1 Å². The number of imidazole rings is 1. The van der Waals surface area contributed by atoms with Gasteiger partial charge in [0.15, 0.2) is 11.5 Å². The maximum absolute atomic E-state index is 5.23. The standard InChI is InChI=1S/C18H22N6O/c1-25-15-5-3-14(4-6-15)11-23-7-2-8-24(10-9-23)18-16-17(20-12-19-16)21-13-22-18/h3-6,12-13H,2,7-11H2,1H3,(H,19,20,21,22). The molecular weight excluding hydrogens is 316 g/mol.